The molecule has 1 aliphatic carbocycles. The predicted octanol–water partition coefficient (Wildman–Crippen LogP) is 1.37. The molecule has 1 N–H and O–H groups in total. The molecule has 0 radical (unpaired) electrons. The van der Waals surface area contributed by atoms with E-state index >= 15 is 0 Å². The number of hydrogen-bond acceptors (Lipinski definition) is 2. The highest BCUT2D eigenvalue weighted by Gasteiger charge is 2.22. The van der Waals surface area contributed by atoms with Gasteiger partial charge in [-0.2, -0.15) is 0 Å². The van der Waals surface area contributed by atoms with Gasteiger partial charge in [-0.3, -0.25) is 4.79 Å². The summed E-state index contributed by atoms with van der Waals surface area (Å²) in [4.78, 5) is 10.6. The second kappa shape index (κ2) is 5.42. The van der Waals surface area contributed by atoms with E-state index in [2.05, 4.69) is 0 Å². The first-order valence-corrected chi connectivity index (χ1v) is 3.98. The molecule has 0 heterocycles. The van der Waals surface area contributed by atoms with E-state index in [-0.39, 0.29) is 18.3 Å². The fourth-order valence-corrected chi connectivity index (χ4v) is 1.08. The lowest BCUT2D eigenvalue weighted by atomic mass is 10.1. The smallest absolute Gasteiger partial charge is 0.138 e. The largest absolute Gasteiger partial charge is 0.396 e. The first-order chi connectivity index (χ1) is 4.84. The Bertz CT molecular complexity index is 99.4. The van der Waals surface area contributed by atoms with Crippen molar-refractivity contribution in [2.24, 2.45) is 5.92 Å². The zero-order valence-corrected chi connectivity index (χ0v) is 6.76. The molecule has 0 aromatic heterocycles. The van der Waals surface area contributed by atoms with Gasteiger partial charge in [0.2, 0.25) is 0 Å². The van der Waals surface area contributed by atoms with Gasteiger partial charge in [0.25, 0.3) is 0 Å². The third-order valence-electron chi connectivity index (χ3n) is 1.65. The molecule has 0 aromatic carbocycles. The lowest BCUT2D eigenvalue weighted by Crippen LogP contribution is -2.09. The third kappa shape index (κ3) is 2.48. The summed E-state index contributed by atoms with van der Waals surface area (Å²) in [5.41, 5.74) is 0. The van der Waals surface area contributed by atoms with Crippen LogP contribution >= 0.6 is 0 Å². The van der Waals surface area contributed by atoms with E-state index in [1.807, 2.05) is 13.8 Å². The molecule has 1 saturated carbocycles. The minimum atomic E-state index is -0.0185. The van der Waals surface area contributed by atoms with Gasteiger partial charge in [0.1, 0.15) is 5.78 Å². The molecule has 1 aliphatic rings. The van der Waals surface area contributed by atoms with E-state index < -0.39 is 0 Å². The second-order valence-corrected chi connectivity index (χ2v) is 2.24. The van der Waals surface area contributed by atoms with Gasteiger partial charge >= 0.3 is 0 Å². The third-order valence-corrected chi connectivity index (χ3v) is 1.65. The summed E-state index contributed by atoms with van der Waals surface area (Å²) in [6, 6.07) is 0. The molecule has 1 rings (SSSR count). The summed E-state index contributed by atoms with van der Waals surface area (Å²) in [6.07, 6.45) is 2.56. The van der Waals surface area contributed by atoms with Gasteiger partial charge in [0, 0.05) is 12.3 Å². The number of Topliss-reactive ketones (excluding diaryl/α,β-unsaturated/α-hetero) is 1. The molecule has 0 amide bonds. The SMILES string of the molecule is CC.O=C1CCCC1CO. The molecule has 10 heavy (non-hydrogen) atoms. The Labute approximate surface area is 62.2 Å². The highest BCUT2D eigenvalue weighted by atomic mass is 16.3. The van der Waals surface area contributed by atoms with Crippen LogP contribution in [0.5, 0.6) is 0 Å². The van der Waals surface area contributed by atoms with Crippen LogP contribution in [-0.2, 0) is 4.79 Å². The van der Waals surface area contributed by atoms with E-state index in [0.717, 1.165) is 12.8 Å². The lowest BCUT2D eigenvalue weighted by molar-refractivity contribution is -0.121. The fourth-order valence-electron chi connectivity index (χ4n) is 1.08. The van der Waals surface area contributed by atoms with Gasteiger partial charge in [-0.05, 0) is 12.8 Å². The Hall–Kier alpha value is -0.370. The van der Waals surface area contributed by atoms with Crippen molar-refractivity contribution in [1.82, 2.24) is 0 Å². The first kappa shape index (κ1) is 9.63. The highest BCUT2D eigenvalue weighted by Crippen LogP contribution is 2.19. The standard InChI is InChI=1S/C6H10O2.C2H6/c7-4-5-2-1-3-6(5)8;1-2/h5,7H,1-4H2;1-2H3. The molecular weight excluding hydrogens is 128 g/mol. The Kier molecular flexibility index (Phi) is 5.22. The molecule has 0 spiro atoms. The number of carbonyl (C=O) groups excluding carboxylic acids is 1. The normalized spacial score (nSPS) is 23.9. The van der Waals surface area contributed by atoms with Gasteiger partial charge in [-0.25, -0.2) is 0 Å². The van der Waals surface area contributed by atoms with Crippen molar-refractivity contribution in [2.75, 3.05) is 6.61 Å². The van der Waals surface area contributed by atoms with E-state index in [1.165, 1.54) is 0 Å². The van der Waals surface area contributed by atoms with Crippen molar-refractivity contribution in [3.8, 4) is 0 Å². The Morgan fingerprint density at radius 2 is 2.20 bits per heavy atom. The van der Waals surface area contributed by atoms with Crippen LogP contribution in [0.1, 0.15) is 33.1 Å². The van der Waals surface area contributed by atoms with Gasteiger partial charge in [-0.1, -0.05) is 13.8 Å². The summed E-state index contributed by atoms with van der Waals surface area (Å²) in [5.74, 6) is 0.225. The number of aliphatic hydroxyl groups is 1. The highest BCUT2D eigenvalue weighted by molar-refractivity contribution is 5.82. The van der Waals surface area contributed by atoms with Crippen LogP contribution in [0, 0.1) is 5.92 Å². The van der Waals surface area contributed by atoms with Crippen molar-refractivity contribution in [3.63, 3.8) is 0 Å². The Balaban J connectivity index is 0.000000371. The Morgan fingerprint density at radius 1 is 1.60 bits per heavy atom. The topological polar surface area (TPSA) is 37.3 Å². The van der Waals surface area contributed by atoms with Crippen LogP contribution in [-0.4, -0.2) is 17.5 Å². The molecule has 0 aliphatic heterocycles. The van der Waals surface area contributed by atoms with Crippen LogP contribution in [0.3, 0.4) is 0 Å². The minimum absolute atomic E-state index is 0.0185. The van der Waals surface area contributed by atoms with E-state index in [9.17, 15) is 4.79 Å². The molecule has 0 saturated heterocycles. The monoisotopic (exact) mass is 144 g/mol. The van der Waals surface area contributed by atoms with Crippen LogP contribution in [0.25, 0.3) is 0 Å². The zero-order chi connectivity index (χ0) is 7.98. The maximum Gasteiger partial charge on any atom is 0.138 e. The minimum Gasteiger partial charge on any atom is -0.396 e. The quantitative estimate of drug-likeness (QED) is 0.603. The molecule has 1 unspecified atom stereocenters. The van der Waals surface area contributed by atoms with Crippen molar-refractivity contribution in [1.29, 1.82) is 0 Å². The van der Waals surface area contributed by atoms with Crippen molar-refractivity contribution < 1.29 is 9.90 Å². The summed E-state index contributed by atoms with van der Waals surface area (Å²) < 4.78 is 0. The number of carbonyl (C=O) groups is 1. The molecular formula is C8H16O2. The lowest BCUT2D eigenvalue weighted by Gasteiger charge is -1.98. The predicted molar refractivity (Wildman–Crippen MR) is 40.8 cm³/mol. The number of ketones is 1. The second-order valence-electron chi connectivity index (χ2n) is 2.24. The van der Waals surface area contributed by atoms with E-state index in [1.54, 1.807) is 0 Å². The first-order valence-electron chi connectivity index (χ1n) is 3.98. The molecule has 1 atom stereocenters. The summed E-state index contributed by atoms with van der Waals surface area (Å²) in [7, 11) is 0. The number of rotatable bonds is 1. The van der Waals surface area contributed by atoms with Gasteiger partial charge in [-0.15, -0.1) is 0 Å². The van der Waals surface area contributed by atoms with Crippen molar-refractivity contribution in [2.45, 2.75) is 33.1 Å². The average Bonchev–Trinajstić information content (AvgIpc) is 2.39. The summed E-state index contributed by atoms with van der Waals surface area (Å²) in [5, 5.41) is 8.52. The van der Waals surface area contributed by atoms with Crippen molar-refractivity contribution >= 4 is 5.78 Å². The fraction of sp³-hybridized carbons (Fsp3) is 0.875. The summed E-state index contributed by atoms with van der Waals surface area (Å²) in [6.45, 7) is 4.05. The molecule has 1 fully saturated rings. The van der Waals surface area contributed by atoms with E-state index in [4.69, 9.17) is 5.11 Å². The molecule has 2 heteroatoms. The van der Waals surface area contributed by atoms with Gasteiger partial charge < -0.3 is 5.11 Å². The van der Waals surface area contributed by atoms with Crippen molar-refractivity contribution in [3.05, 3.63) is 0 Å². The molecule has 2 nitrogen and oxygen atoms in total. The van der Waals surface area contributed by atoms with Crippen LogP contribution in [0.4, 0.5) is 0 Å². The average molecular weight is 144 g/mol. The molecule has 0 aromatic rings. The zero-order valence-electron chi connectivity index (χ0n) is 6.76. The number of hydrogen-bond donors (Lipinski definition) is 1. The van der Waals surface area contributed by atoms with Crippen LogP contribution in [0.15, 0.2) is 0 Å². The van der Waals surface area contributed by atoms with Crippen LogP contribution in [0.2, 0.25) is 0 Å². The van der Waals surface area contributed by atoms with Gasteiger partial charge in [0.05, 0.1) is 6.61 Å². The maximum absolute atomic E-state index is 10.6. The number of aliphatic hydroxyl groups excluding tert-OH is 1. The molecule has 0 bridgehead atoms. The Morgan fingerprint density at radius 3 is 2.40 bits per heavy atom. The van der Waals surface area contributed by atoms with Gasteiger partial charge in [0.15, 0.2) is 0 Å². The summed E-state index contributed by atoms with van der Waals surface area (Å²) >= 11 is 0. The van der Waals surface area contributed by atoms with Crippen LogP contribution < -0.4 is 0 Å². The van der Waals surface area contributed by atoms with E-state index in [0.29, 0.717) is 6.42 Å². The molecule has 60 valence electrons. The maximum atomic E-state index is 10.6.